The minimum atomic E-state index is -1.91. The molecule has 1 atom stereocenters. The molecule has 0 fully saturated rings. The largest absolute Gasteiger partial charge is 0.466 e. The fourth-order valence-electron chi connectivity index (χ4n) is 1.35. The van der Waals surface area contributed by atoms with Crippen molar-refractivity contribution in [2.24, 2.45) is 0 Å². The zero-order chi connectivity index (χ0) is 14.4. The van der Waals surface area contributed by atoms with E-state index in [0.717, 1.165) is 0 Å². The molecule has 0 aromatic rings. The fourth-order valence-corrected chi connectivity index (χ4v) is 2.73. The number of carbonyl (C=O) groups is 1. The number of hydrogen-bond acceptors (Lipinski definition) is 4. The third-order valence-corrected chi connectivity index (χ3v) is 7.95. The predicted octanol–water partition coefficient (Wildman–Crippen LogP) is 2.71. The van der Waals surface area contributed by atoms with Crippen LogP contribution in [-0.4, -0.2) is 38.7 Å². The van der Waals surface area contributed by atoms with E-state index in [0.29, 0.717) is 13.0 Å². The van der Waals surface area contributed by atoms with Gasteiger partial charge in [0, 0.05) is 6.61 Å². The van der Waals surface area contributed by atoms with Crippen LogP contribution in [-0.2, 0) is 14.0 Å². The summed E-state index contributed by atoms with van der Waals surface area (Å²) in [5.41, 5.74) is 0. The summed E-state index contributed by atoms with van der Waals surface area (Å²) in [6.07, 6.45) is 0.460. The van der Waals surface area contributed by atoms with Crippen molar-refractivity contribution in [1.82, 2.24) is 0 Å². The lowest BCUT2D eigenvalue weighted by atomic mass is 10.2. The molecule has 0 saturated carbocycles. The molecule has 0 unspecified atom stereocenters. The molecule has 0 aliphatic rings. The summed E-state index contributed by atoms with van der Waals surface area (Å²) < 4.78 is 11.1. The summed E-state index contributed by atoms with van der Waals surface area (Å²) in [4.78, 5) is 11.5. The molecule has 0 aliphatic heterocycles. The number of esters is 1. The molecule has 0 spiro atoms. The van der Waals surface area contributed by atoms with Crippen LogP contribution in [0.25, 0.3) is 0 Å². The van der Waals surface area contributed by atoms with Gasteiger partial charge >= 0.3 is 5.97 Å². The topological polar surface area (TPSA) is 55.8 Å². The molecule has 0 aromatic carbocycles. The highest BCUT2D eigenvalue weighted by Crippen LogP contribution is 2.37. The predicted molar refractivity (Wildman–Crippen MR) is 75.0 cm³/mol. The Morgan fingerprint density at radius 3 is 2.28 bits per heavy atom. The van der Waals surface area contributed by atoms with E-state index < -0.39 is 8.32 Å². The maximum absolute atomic E-state index is 11.5. The van der Waals surface area contributed by atoms with Crippen LogP contribution >= 0.6 is 0 Å². The molecular formula is C13H28O4Si. The van der Waals surface area contributed by atoms with Crippen molar-refractivity contribution in [3.63, 3.8) is 0 Å². The Bertz CT molecular complexity index is 258. The highest BCUT2D eigenvalue weighted by Gasteiger charge is 2.39. The Balaban J connectivity index is 4.57. The second kappa shape index (κ2) is 7.26. The monoisotopic (exact) mass is 276 g/mol. The van der Waals surface area contributed by atoms with Crippen LogP contribution in [0.2, 0.25) is 18.1 Å². The molecule has 0 aliphatic carbocycles. The van der Waals surface area contributed by atoms with Gasteiger partial charge in [-0.2, -0.15) is 0 Å². The van der Waals surface area contributed by atoms with E-state index >= 15 is 0 Å². The number of hydrogen-bond donors (Lipinski definition) is 1. The van der Waals surface area contributed by atoms with Crippen molar-refractivity contribution in [1.29, 1.82) is 0 Å². The van der Waals surface area contributed by atoms with Gasteiger partial charge in [0.15, 0.2) is 8.32 Å². The molecule has 18 heavy (non-hydrogen) atoms. The highest BCUT2D eigenvalue weighted by atomic mass is 28.4. The third-order valence-electron chi connectivity index (χ3n) is 3.42. The molecule has 4 nitrogen and oxygen atoms in total. The van der Waals surface area contributed by atoms with Gasteiger partial charge in [-0.25, -0.2) is 0 Å². The van der Waals surface area contributed by atoms with Gasteiger partial charge in [0.05, 0.1) is 19.1 Å². The smallest absolute Gasteiger partial charge is 0.308 e. The summed E-state index contributed by atoms with van der Waals surface area (Å²) in [5.74, 6) is -0.255. The van der Waals surface area contributed by atoms with Crippen LogP contribution in [0.15, 0.2) is 0 Å². The van der Waals surface area contributed by atoms with Crippen molar-refractivity contribution < 1.29 is 19.1 Å². The normalized spacial score (nSPS) is 14.4. The average molecular weight is 276 g/mol. The summed E-state index contributed by atoms with van der Waals surface area (Å²) >= 11 is 0. The minimum absolute atomic E-state index is 0.0265. The van der Waals surface area contributed by atoms with Crippen molar-refractivity contribution >= 4 is 14.3 Å². The van der Waals surface area contributed by atoms with E-state index in [9.17, 15) is 4.79 Å². The van der Waals surface area contributed by atoms with Gasteiger partial charge < -0.3 is 14.3 Å². The summed E-state index contributed by atoms with van der Waals surface area (Å²) in [7, 11) is -1.91. The minimum Gasteiger partial charge on any atom is -0.466 e. The Labute approximate surface area is 112 Å². The van der Waals surface area contributed by atoms with Crippen molar-refractivity contribution in [3.05, 3.63) is 0 Å². The van der Waals surface area contributed by atoms with Crippen LogP contribution < -0.4 is 0 Å². The molecular weight excluding hydrogens is 248 g/mol. The lowest BCUT2D eigenvalue weighted by Crippen LogP contribution is -2.44. The molecule has 0 amide bonds. The summed E-state index contributed by atoms with van der Waals surface area (Å²) in [6.45, 7) is 12.9. The molecule has 1 N–H and O–H groups in total. The Hall–Kier alpha value is -0.393. The van der Waals surface area contributed by atoms with Crippen LogP contribution in [0.4, 0.5) is 0 Å². The van der Waals surface area contributed by atoms with E-state index in [1.807, 2.05) is 0 Å². The van der Waals surface area contributed by atoms with Crippen LogP contribution in [0.5, 0.6) is 0 Å². The fraction of sp³-hybridized carbons (Fsp3) is 0.923. The SMILES string of the molecule is CCOC(=O)C[C@H](CCO)O[Si](C)(C)C(C)(C)C. The number of aliphatic hydroxyl groups is 1. The van der Waals surface area contributed by atoms with E-state index in [1.165, 1.54) is 0 Å². The van der Waals surface area contributed by atoms with E-state index in [4.69, 9.17) is 14.3 Å². The molecule has 0 heterocycles. The van der Waals surface area contributed by atoms with E-state index in [2.05, 4.69) is 33.9 Å². The number of ether oxygens (including phenoxy) is 1. The second-order valence-electron chi connectivity index (χ2n) is 6.02. The molecule has 0 bridgehead atoms. The first kappa shape index (κ1) is 17.6. The van der Waals surface area contributed by atoms with Gasteiger partial charge in [-0.1, -0.05) is 20.8 Å². The zero-order valence-corrected chi connectivity index (χ0v) is 13.6. The molecule has 0 rings (SSSR count). The summed E-state index contributed by atoms with van der Waals surface area (Å²) in [6, 6.07) is 0. The third kappa shape index (κ3) is 5.98. The first-order valence-electron chi connectivity index (χ1n) is 6.58. The van der Waals surface area contributed by atoms with Crippen LogP contribution in [0.1, 0.15) is 40.5 Å². The highest BCUT2D eigenvalue weighted by molar-refractivity contribution is 6.74. The molecule has 0 saturated heterocycles. The molecule has 0 radical (unpaired) electrons. The first-order valence-corrected chi connectivity index (χ1v) is 9.49. The van der Waals surface area contributed by atoms with Gasteiger partial charge in [0.1, 0.15) is 0 Å². The number of aliphatic hydroxyl groups excluding tert-OH is 1. The molecule has 108 valence electrons. The van der Waals surface area contributed by atoms with Crippen LogP contribution in [0, 0.1) is 0 Å². The second-order valence-corrected chi connectivity index (χ2v) is 10.8. The molecule has 5 heteroatoms. The standard InChI is InChI=1S/C13H28O4Si/c1-7-16-12(15)10-11(8-9-14)17-18(5,6)13(2,3)4/h11,14H,7-10H2,1-6H3/t11-/m0/s1. The maximum Gasteiger partial charge on any atom is 0.308 e. The first-order chi connectivity index (χ1) is 8.14. The number of rotatable bonds is 7. The van der Waals surface area contributed by atoms with Gasteiger partial charge in [0.2, 0.25) is 0 Å². The van der Waals surface area contributed by atoms with E-state index in [-0.39, 0.29) is 30.1 Å². The Kier molecular flexibility index (Phi) is 7.10. The zero-order valence-electron chi connectivity index (χ0n) is 12.6. The molecule has 0 aromatic heterocycles. The summed E-state index contributed by atoms with van der Waals surface area (Å²) in [5, 5.41) is 9.16. The van der Waals surface area contributed by atoms with Crippen LogP contribution in [0.3, 0.4) is 0 Å². The van der Waals surface area contributed by atoms with Crippen molar-refractivity contribution in [2.75, 3.05) is 13.2 Å². The van der Waals surface area contributed by atoms with Crippen molar-refractivity contribution in [2.45, 2.75) is 64.8 Å². The number of carbonyl (C=O) groups excluding carboxylic acids is 1. The maximum atomic E-state index is 11.5. The lowest BCUT2D eigenvalue weighted by Gasteiger charge is -2.39. The van der Waals surface area contributed by atoms with Crippen molar-refractivity contribution in [3.8, 4) is 0 Å². The Morgan fingerprint density at radius 1 is 1.33 bits per heavy atom. The van der Waals surface area contributed by atoms with Gasteiger partial charge in [0.25, 0.3) is 0 Å². The quantitative estimate of drug-likeness (QED) is 0.574. The van der Waals surface area contributed by atoms with E-state index in [1.54, 1.807) is 6.92 Å². The van der Waals surface area contributed by atoms with Gasteiger partial charge in [-0.05, 0) is 31.5 Å². The van der Waals surface area contributed by atoms with Gasteiger partial charge in [-0.3, -0.25) is 4.79 Å². The Morgan fingerprint density at radius 2 is 1.89 bits per heavy atom. The van der Waals surface area contributed by atoms with Gasteiger partial charge in [-0.15, -0.1) is 0 Å². The average Bonchev–Trinajstić information content (AvgIpc) is 2.15. The lowest BCUT2D eigenvalue weighted by molar-refractivity contribution is -0.145.